The molecule has 13 nitrogen and oxygen atoms in total. The summed E-state index contributed by atoms with van der Waals surface area (Å²) >= 11 is 15.8. The van der Waals surface area contributed by atoms with Crippen LogP contribution in [-0.4, -0.2) is 55.5 Å². The van der Waals surface area contributed by atoms with E-state index in [1.807, 2.05) is 77.1 Å². The molecule has 3 atom stereocenters. The lowest BCUT2D eigenvalue weighted by Gasteiger charge is -2.23. The summed E-state index contributed by atoms with van der Waals surface area (Å²) < 4.78 is 13.9. The van der Waals surface area contributed by atoms with E-state index in [1.165, 1.54) is 34.1 Å². The Morgan fingerprint density at radius 2 is 0.956 bits per heavy atom. The van der Waals surface area contributed by atoms with Crippen LogP contribution < -0.4 is 14.7 Å². The van der Waals surface area contributed by atoms with Gasteiger partial charge in [-0.3, -0.25) is 28.8 Å². The van der Waals surface area contributed by atoms with Crippen LogP contribution in [0.4, 0.5) is 21.5 Å². The molecule has 0 fully saturated rings. The number of carbonyl (C=O) groups is 6. The minimum atomic E-state index is -2.06. The van der Waals surface area contributed by atoms with Crippen LogP contribution in [0, 0.1) is 40.4 Å². The number of benzene rings is 9. The highest BCUT2D eigenvalue weighted by Crippen LogP contribution is 2.48. The number of aliphatic hydroxyl groups is 3. The highest BCUT2D eigenvalue weighted by Gasteiger charge is 2.54. The van der Waals surface area contributed by atoms with Crippen LogP contribution in [0.1, 0.15) is 112 Å². The summed E-state index contributed by atoms with van der Waals surface area (Å²) in [6.45, 7) is 10.4. The molecule has 0 aromatic heterocycles. The van der Waals surface area contributed by atoms with Gasteiger partial charge in [-0.25, -0.2) is 4.39 Å². The predicted molar refractivity (Wildman–Crippen MR) is 353 cm³/mol. The van der Waals surface area contributed by atoms with Gasteiger partial charge in [-0.1, -0.05) is 177 Å². The number of para-hydroxylation sites is 2. The molecule has 0 unspecified atom stereocenters. The number of Topliss-reactive ketones (excluding diaryl/α,β-unsaturated/α-hetero) is 3. The number of aromatic hydroxyl groups is 1. The number of amides is 3. The smallest absolute Gasteiger partial charge is 0.264 e. The fourth-order valence-electron chi connectivity index (χ4n) is 11.9. The Morgan fingerprint density at radius 3 is 1.58 bits per heavy atom. The van der Waals surface area contributed by atoms with Crippen LogP contribution in [0.25, 0.3) is 0 Å². The minimum absolute atomic E-state index is 0.0554. The molecular weight excluding hydrogens is 1260 g/mol. The van der Waals surface area contributed by atoms with Crippen LogP contribution in [0.2, 0.25) is 10.0 Å². The zero-order chi connectivity index (χ0) is 65.3. The van der Waals surface area contributed by atoms with E-state index in [1.54, 1.807) is 126 Å². The average Bonchev–Trinajstić information content (AvgIpc) is 1.61. The highest BCUT2D eigenvalue weighted by atomic mass is 79.9. The maximum Gasteiger partial charge on any atom is 0.264 e. The van der Waals surface area contributed by atoms with Crippen molar-refractivity contribution in [1.82, 2.24) is 0 Å². The van der Waals surface area contributed by atoms with Crippen LogP contribution in [0.3, 0.4) is 0 Å². The zero-order valence-electron chi connectivity index (χ0n) is 50.3. The fourth-order valence-corrected chi connectivity index (χ4v) is 12.6. The second-order valence-electron chi connectivity index (χ2n) is 23.2. The number of rotatable bonds is 15. The van der Waals surface area contributed by atoms with Crippen molar-refractivity contribution < 1.29 is 53.6 Å². The monoisotopic (exact) mass is 1320 g/mol. The molecule has 9 aromatic rings. The van der Waals surface area contributed by atoms with Gasteiger partial charge in [0.05, 0.1) is 61.5 Å². The zero-order valence-corrected chi connectivity index (χ0v) is 53.4. The molecule has 0 saturated heterocycles. The number of phenolic OH excluding ortho intramolecular Hbond substituents is 1. The maximum atomic E-state index is 13.5. The standard InChI is InChI=1S/C26H24ClNO3.C25H22FNO3.C23H17BrClNO4/c1-16-4-7-19(8-5-16)24(29)14-26(31)22-13-21(27)10-11-23(22)28(25(26)30)15-20-9-6-17(2)12-18(20)3;1-16-7-12-20(17(2)13-16)23(28)14-25(30)21-5-3-4-6-22(21)27(24(25)29)15-18-8-10-19(26)11-9-18;24-15-9-10-19-17(11-15)23(30,12-21(28)16-6-2-4-8-20(16)27)22(29)26(19)13-14-5-1-3-7-18(14)25/h4-13,31H,14-15H2,1-3H3;3-13,30H,14-15H2,1-2H3;1-11,27,30H,12-13H2/t26-;25-;23-/m111/s1. The van der Waals surface area contributed by atoms with E-state index >= 15 is 0 Å². The fraction of sp³-hybridized carbons (Fsp3) is 0.189. The van der Waals surface area contributed by atoms with Crippen molar-refractivity contribution in [2.45, 2.75) is 90.3 Å². The molecule has 0 radical (unpaired) electrons. The number of fused-ring (bicyclic) bond motifs is 3. The van der Waals surface area contributed by atoms with E-state index in [4.69, 9.17) is 23.2 Å². The number of hydrogen-bond acceptors (Lipinski definition) is 10. The number of aryl methyl sites for hydroxylation is 5. The van der Waals surface area contributed by atoms with Crippen molar-refractivity contribution in [2.24, 2.45) is 0 Å². The summed E-state index contributed by atoms with van der Waals surface area (Å²) in [6, 6.07) is 54.8. The molecule has 3 aliphatic rings. The quantitative estimate of drug-likeness (QED) is 0.0718. The molecular formula is C74H63BrCl2FN3O10. The summed E-state index contributed by atoms with van der Waals surface area (Å²) in [7, 11) is 0. The van der Waals surface area contributed by atoms with E-state index in [0.29, 0.717) is 65.9 Å². The van der Waals surface area contributed by atoms with E-state index < -0.39 is 46.7 Å². The van der Waals surface area contributed by atoms with Crippen LogP contribution in [-0.2, 0) is 50.8 Å². The summed E-state index contributed by atoms with van der Waals surface area (Å²) in [4.78, 5) is 83.4. The number of hydrogen-bond donors (Lipinski definition) is 4. The highest BCUT2D eigenvalue weighted by molar-refractivity contribution is 9.10. The summed E-state index contributed by atoms with van der Waals surface area (Å²) in [6.07, 6.45) is -1.18. The second-order valence-corrected chi connectivity index (χ2v) is 25.0. The molecule has 3 amide bonds. The van der Waals surface area contributed by atoms with Gasteiger partial charge in [0.25, 0.3) is 17.7 Å². The molecule has 17 heteroatoms. The van der Waals surface area contributed by atoms with Crippen molar-refractivity contribution >= 4 is 91.3 Å². The van der Waals surface area contributed by atoms with Gasteiger partial charge in [-0.2, -0.15) is 0 Å². The van der Waals surface area contributed by atoms with Crippen molar-refractivity contribution in [3.63, 3.8) is 0 Å². The first-order chi connectivity index (χ1) is 43.3. The molecule has 462 valence electrons. The first kappa shape index (κ1) is 65.0. The van der Waals surface area contributed by atoms with E-state index in [2.05, 4.69) is 22.0 Å². The van der Waals surface area contributed by atoms with Gasteiger partial charge in [0.2, 0.25) is 0 Å². The van der Waals surface area contributed by atoms with E-state index in [-0.39, 0.29) is 54.6 Å². The number of ketones is 3. The average molecular weight is 1320 g/mol. The Balaban J connectivity index is 0.000000150. The first-order valence-electron chi connectivity index (χ1n) is 29.2. The Hall–Kier alpha value is -8.93. The molecule has 12 rings (SSSR count). The molecule has 91 heavy (non-hydrogen) atoms. The molecule has 0 saturated carbocycles. The molecule has 0 spiro atoms. The maximum absolute atomic E-state index is 13.5. The molecule has 3 aliphatic heterocycles. The second kappa shape index (κ2) is 26.5. The van der Waals surface area contributed by atoms with Crippen molar-refractivity contribution in [1.29, 1.82) is 0 Å². The molecule has 0 aliphatic carbocycles. The third-order valence-corrected chi connectivity index (χ3v) is 17.8. The van der Waals surface area contributed by atoms with Crippen LogP contribution in [0.15, 0.2) is 199 Å². The molecule has 0 bridgehead atoms. The van der Waals surface area contributed by atoms with Crippen molar-refractivity contribution in [3.05, 3.63) is 292 Å². The minimum Gasteiger partial charge on any atom is -0.507 e. The number of carbonyl (C=O) groups excluding carboxylic acids is 6. The predicted octanol–water partition coefficient (Wildman–Crippen LogP) is 14.5. The molecule has 9 aromatic carbocycles. The third-order valence-electron chi connectivity index (χ3n) is 16.7. The van der Waals surface area contributed by atoms with Gasteiger partial charge in [-0.15, -0.1) is 0 Å². The first-order valence-corrected chi connectivity index (χ1v) is 30.7. The number of halogens is 4. The Labute approximate surface area is 544 Å². The lowest BCUT2D eigenvalue weighted by molar-refractivity contribution is -0.136. The lowest BCUT2D eigenvalue weighted by Crippen LogP contribution is -2.41. The van der Waals surface area contributed by atoms with Gasteiger partial charge in [0, 0.05) is 42.3 Å². The summed E-state index contributed by atoms with van der Waals surface area (Å²) in [5.41, 5.74) is 5.33. The van der Waals surface area contributed by atoms with Gasteiger partial charge < -0.3 is 35.1 Å². The van der Waals surface area contributed by atoms with Crippen molar-refractivity contribution in [2.75, 3.05) is 14.7 Å². The lowest BCUT2D eigenvalue weighted by atomic mass is 9.87. The largest absolute Gasteiger partial charge is 0.507 e. The third kappa shape index (κ3) is 13.3. The molecule has 3 heterocycles. The van der Waals surface area contributed by atoms with Gasteiger partial charge in [-0.05, 0) is 135 Å². The summed E-state index contributed by atoms with van der Waals surface area (Å²) in [5.74, 6) is -3.34. The van der Waals surface area contributed by atoms with E-state index in [0.717, 1.165) is 44.5 Å². The normalized spacial score (nSPS) is 17.8. The Bertz CT molecular complexity index is 4370. The van der Waals surface area contributed by atoms with Crippen LogP contribution in [0.5, 0.6) is 5.75 Å². The Morgan fingerprint density at radius 1 is 0.462 bits per heavy atom. The number of anilines is 3. The summed E-state index contributed by atoms with van der Waals surface area (Å²) in [5, 5.41) is 45.3. The van der Waals surface area contributed by atoms with Crippen molar-refractivity contribution in [3.8, 4) is 5.75 Å². The van der Waals surface area contributed by atoms with Gasteiger partial charge in [0.15, 0.2) is 34.2 Å². The van der Waals surface area contributed by atoms with Crippen LogP contribution >= 0.6 is 39.1 Å². The number of phenols is 1. The van der Waals surface area contributed by atoms with E-state index in [9.17, 15) is 53.6 Å². The Kier molecular flexibility index (Phi) is 18.9. The molecule has 4 N–H and O–H groups in total. The SMILES string of the molecule is Cc1ccc(C(=O)C[C@]2(O)C(=O)N(Cc3ccc(C)cc3C)c3ccc(Cl)cc32)cc1.Cc1ccc(C(=O)C[C@]2(O)C(=O)N(Cc3ccc(F)cc3)c3ccccc32)c(C)c1.O=C(C[C@]1(O)C(=O)N(Cc2ccccc2Cl)c2ccc(Br)cc21)c1ccccc1O. The van der Waals surface area contributed by atoms with Gasteiger partial charge in [0.1, 0.15) is 11.6 Å². The van der Waals surface area contributed by atoms with Gasteiger partial charge >= 0.3 is 0 Å². The number of nitrogens with zero attached hydrogens (tertiary/aromatic N) is 3. The topological polar surface area (TPSA) is 193 Å².